The molecule has 1 heterocycles. The van der Waals surface area contributed by atoms with Gasteiger partial charge in [-0.25, -0.2) is 9.97 Å². The monoisotopic (exact) mass is 282 g/mol. The molecule has 0 radical (unpaired) electrons. The van der Waals surface area contributed by atoms with Gasteiger partial charge in [-0.3, -0.25) is 0 Å². The number of benzene rings is 1. The number of ether oxygens (including phenoxy) is 1. The second kappa shape index (κ2) is 6.25. The summed E-state index contributed by atoms with van der Waals surface area (Å²) >= 11 is 0. The molecular weight excluding hydrogens is 260 g/mol. The Balaban J connectivity index is 1.65. The number of rotatable bonds is 3. The maximum atomic E-state index is 6.07. The average molecular weight is 282 g/mol. The van der Waals surface area contributed by atoms with Crippen molar-refractivity contribution in [2.24, 2.45) is 5.92 Å². The van der Waals surface area contributed by atoms with Crippen molar-refractivity contribution in [3.8, 4) is 17.1 Å². The van der Waals surface area contributed by atoms with E-state index < -0.39 is 0 Å². The van der Waals surface area contributed by atoms with Gasteiger partial charge in [0.25, 0.3) is 0 Å². The summed E-state index contributed by atoms with van der Waals surface area (Å²) in [4.78, 5) is 8.70. The van der Waals surface area contributed by atoms with E-state index in [9.17, 15) is 0 Å². The van der Waals surface area contributed by atoms with Crippen molar-refractivity contribution in [2.45, 2.75) is 45.6 Å². The minimum absolute atomic E-state index is 0.377. The van der Waals surface area contributed by atoms with Gasteiger partial charge in [-0.15, -0.1) is 0 Å². The van der Waals surface area contributed by atoms with E-state index in [0.29, 0.717) is 6.10 Å². The Bertz CT molecular complexity index is 569. The van der Waals surface area contributed by atoms with Gasteiger partial charge in [0.15, 0.2) is 5.82 Å². The predicted molar refractivity (Wildman–Crippen MR) is 84.3 cm³/mol. The minimum atomic E-state index is 0.377. The summed E-state index contributed by atoms with van der Waals surface area (Å²) in [6.45, 7) is 4.32. The highest BCUT2D eigenvalue weighted by atomic mass is 16.5. The molecule has 3 nitrogen and oxygen atoms in total. The van der Waals surface area contributed by atoms with E-state index in [4.69, 9.17) is 4.74 Å². The summed E-state index contributed by atoms with van der Waals surface area (Å²) in [5, 5.41) is 0. The highest BCUT2D eigenvalue weighted by molar-refractivity contribution is 5.55. The lowest BCUT2D eigenvalue weighted by molar-refractivity contribution is 0.135. The summed E-state index contributed by atoms with van der Waals surface area (Å²) in [7, 11) is 0. The molecule has 0 atom stereocenters. The maximum absolute atomic E-state index is 6.07. The summed E-state index contributed by atoms with van der Waals surface area (Å²) in [5.74, 6) is 2.56. The Kier molecular flexibility index (Phi) is 4.18. The van der Waals surface area contributed by atoms with Crippen molar-refractivity contribution in [3.05, 3.63) is 42.2 Å². The maximum Gasteiger partial charge on any atom is 0.159 e. The molecule has 1 aromatic heterocycles. The van der Waals surface area contributed by atoms with E-state index >= 15 is 0 Å². The topological polar surface area (TPSA) is 35.0 Å². The van der Waals surface area contributed by atoms with Crippen LogP contribution < -0.4 is 4.74 Å². The van der Waals surface area contributed by atoms with Gasteiger partial charge < -0.3 is 4.74 Å². The molecule has 1 aliphatic carbocycles. The van der Waals surface area contributed by atoms with Gasteiger partial charge >= 0.3 is 0 Å². The standard InChI is InChI=1S/C18H22N2O/c1-13-3-7-16(8-4-13)21-17-9-5-15(6-10-17)18-19-11-14(2)12-20-18/h5-6,9-13,16H,3-4,7-8H2,1-2H3. The number of hydrogen-bond donors (Lipinski definition) is 0. The number of aryl methyl sites for hydroxylation is 1. The molecule has 0 saturated heterocycles. The lowest BCUT2D eigenvalue weighted by Crippen LogP contribution is -2.22. The van der Waals surface area contributed by atoms with Crippen LogP contribution >= 0.6 is 0 Å². The Hall–Kier alpha value is -1.90. The SMILES string of the molecule is Cc1cnc(-c2ccc(OC3CCC(C)CC3)cc2)nc1. The Morgan fingerprint density at radius 3 is 2.19 bits per heavy atom. The second-order valence-electron chi connectivity index (χ2n) is 6.11. The summed E-state index contributed by atoms with van der Waals surface area (Å²) in [6.07, 6.45) is 8.96. The number of aromatic nitrogens is 2. The molecule has 1 fully saturated rings. The highest BCUT2D eigenvalue weighted by Gasteiger charge is 2.19. The van der Waals surface area contributed by atoms with Crippen molar-refractivity contribution in [1.29, 1.82) is 0 Å². The van der Waals surface area contributed by atoms with E-state index in [-0.39, 0.29) is 0 Å². The minimum Gasteiger partial charge on any atom is -0.490 e. The van der Waals surface area contributed by atoms with E-state index in [2.05, 4.69) is 16.9 Å². The van der Waals surface area contributed by atoms with Gasteiger partial charge in [0.1, 0.15) is 5.75 Å². The fourth-order valence-electron chi connectivity index (χ4n) is 2.76. The molecule has 0 amide bonds. The Labute approximate surface area is 126 Å². The van der Waals surface area contributed by atoms with Crippen molar-refractivity contribution in [1.82, 2.24) is 9.97 Å². The van der Waals surface area contributed by atoms with Crippen LogP contribution in [-0.4, -0.2) is 16.1 Å². The van der Waals surface area contributed by atoms with Crippen molar-refractivity contribution in [3.63, 3.8) is 0 Å². The molecular formula is C18H22N2O. The zero-order chi connectivity index (χ0) is 14.7. The molecule has 21 heavy (non-hydrogen) atoms. The zero-order valence-electron chi connectivity index (χ0n) is 12.7. The zero-order valence-corrected chi connectivity index (χ0v) is 12.7. The van der Waals surface area contributed by atoms with Gasteiger partial charge in [-0.05, 0) is 68.4 Å². The summed E-state index contributed by atoms with van der Waals surface area (Å²) in [5.41, 5.74) is 2.10. The highest BCUT2D eigenvalue weighted by Crippen LogP contribution is 2.28. The van der Waals surface area contributed by atoms with E-state index in [1.165, 1.54) is 25.7 Å². The predicted octanol–water partition coefficient (Wildman–Crippen LogP) is 4.41. The third kappa shape index (κ3) is 3.60. The fraction of sp³-hybridized carbons (Fsp3) is 0.444. The van der Waals surface area contributed by atoms with Gasteiger partial charge in [-0.1, -0.05) is 6.92 Å². The average Bonchev–Trinajstić information content (AvgIpc) is 2.51. The summed E-state index contributed by atoms with van der Waals surface area (Å²) in [6, 6.07) is 8.12. The molecule has 0 N–H and O–H groups in total. The lowest BCUT2D eigenvalue weighted by Gasteiger charge is -2.26. The molecule has 1 aromatic carbocycles. The first-order valence-electron chi connectivity index (χ1n) is 7.76. The lowest BCUT2D eigenvalue weighted by atomic mass is 9.89. The van der Waals surface area contributed by atoms with Crippen molar-refractivity contribution >= 4 is 0 Å². The van der Waals surface area contributed by atoms with Gasteiger partial charge in [0.2, 0.25) is 0 Å². The molecule has 0 spiro atoms. The fourth-order valence-corrected chi connectivity index (χ4v) is 2.76. The van der Waals surface area contributed by atoms with Gasteiger partial charge in [-0.2, -0.15) is 0 Å². The van der Waals surface area contributed by atoms with Crippen molar-refractivity contribution < 1.29 is 4.74 Å². The molecule has 1 saturated carbocycles. The van der Waals surface area contributed by atoms with Crippen LogP contribution in [0.5, 0.6) is 5.75 Å². The van der Waals surface area contributed by atoms with Crippen LogP contribution in [0.25, 0.3) is 11.4 Å². The summed E-state index contributed by atoms with van der Waals surface area (Å²) < 4.78 is 6.07. The second-order valence-corrected chi connectivity index (χ2v) is 6.11. The van der Waals surface area contributed by atoms with Crippen LogP contribution in [0.3, 0.4) is 0 Å². The molecule has 3 rings (SSSR count). The number of nitrogens with zero attached hydrogens (tertiary/aromatic N) is 2. The van der Waals surface area contributed by atoms with Gasteiger partial charge in [0, 0.05) is 18.0 Å². The van der Waals surface area contributed by atoms with Crippen LogP contribution in [0, 0.1) is 12.8 Å². The molecule has 1 aliphatic rings. The molecule has 0 unspecified atom stereocenters. The third-order valence-corrected chi connectivity index (χ3v) is 4.16. The quantitative estimate of drug-likeness (QED) is 0.836. The number of hydrogen-bond acceptors (Lipinski definition) is 3. The van der Waals surface area contributed by atoms with E-state index in [0.717, 1.165) is 28.6 Å². The largest absolute Gasteiger partial charge is 0.490 e. The third-order valence-electron chi connectivity index (χ3n) is 4.16. The van der Waals surface area contributed by atoms with E-state index in [1.54, 1.807) is 0 Å². The molecule has 110 valence electrons. The normalized spacial score (nSPS) is 22.0. The first kappa shape index (κ1) is 14.1. The Morgan fingerprint density at radius 1 is 0.952 bits per heavy atom. The van der Waals surface area contributed by atoms with Gasteiger partial charge in [0.05, 0.1) is 6.10 Å². The van der Waals surface area contributed by atoms with Crippen LogP contribution in [-0.2, 0) is 0 Å². The van der Waals surface area contributed by atoms with Crippen LogP contribution in [0.1, 0.15) is 38.2 Å². The van der Waals surface area contributed by atoms with Crippen molar-refractivity contribution in [2.75, 3.05) is 0 Å². The van der Waals surface area contributed by atoms with Crippen LogP contribution in [0.2, 0.25) is 0 Å². The Morgan fingerprint density at radius 2 is 1.57 bits per heavy atom. The molecule has 0 aliphatic heterocycles. The first-order chi connectivity index (χ1) is 10.2. The van der Waals surface area contributed by atoms with Crippen LogP contribution in [0.4, 0.5) is 0 Å². The molecule has 2 aromatic rings. The first-order valence-corrected chi connectivity index (χ1v) is 7.76. The molecule has 3 heteroatoms. The van der Waals surface area contributed by atoms with E-state index in [1.807, 2.05) is 43.6 Å². The smallest absolute Gasteiger partial charge is 0.159 e. The van der Waals surface area contributed by atoms with Crippen LogP contribution in [0.15, 0.2) is 36.7 Å². The molecule has 0 bridgehead atoms.